The van der Waals surface area contributed by atoms with E-state index in [-0.39, 0.29) is 5.82 Å². The summed E-state index contributed by atoms with van der Waals surface area (Å²) in [5.41, 5.74) is 8.39. The highest BCUT2D eigenvalue weighted by Crippen LogP contribution is 2.41. The minimum atomic E-state index is -0.254. The third-order valence-corrected chi connectivity index (χ3v) is 6.30. The van der Waals surface area contributed by atoms with Gasteiger partial charge in [-0.3, -0.25) is 0 Å². The summed E-state index contributed by atoms with van der Waals surface area (Å²) in [6.07, 6.45) is 4.85. The Morgan fingerprint density at radius 1 is 1.06 bits per heavy atom. The van der Waals surface area contributed by atoms with Crippen LogP contribution in [0.25, 0.3) is 22.5 Å². The van der Waals surface area contributed by atoms with Crippen LogP contribution in [0, 0.1) is 5.82 Å². The van der Waals surface area contributed by atoms with Gasteiger partial charge in [0.15, 0.2) is 6.39 Å². The summed E-state index contributed by atoms with van der Waals surface area (Å²) in [5, 5.41) is 0. The number of halogens is 1. The highest BCUT2D eigenvalue weighted by Gasteiger charge is 2.26. The van der Waals surface area contributed by atoms with Gasteiger partial charge in [-0.25, -0.2) is 14.4 Å². The molecule has 3 heterocycles. The van der Waals surface area contributed by atoms with Crippen LogP contribution in [0.2, 0.25) is 0 Å². The van der Waals surface area contributed by atoms with E-state index in [0.29, 0.717) is 18.4 Å². The van der Waals surface area contributed by atoms with Crippen LogP contribution >= 0.6 is 0 Å². The number of aromatic nitrogens is 2. The number of hydrogen-bond acceptors (Lipinski definition) is 4. The summed E-state index contributed by atoms with van der Waals surface area (Å²) >= 11 is 0. The van der Waals surface area contributed by atoms with Gasteiger partial charge in [0.05, 0.1) is 6.61 Å². The van der Waals surface area contributed by atoms with E-state index in [9.17, 15) is 4.39 Å². The smallest absolute Gasteiger partial charge is 0.181 e. The van der Waals surface area contributed by atoms with Crippen molar-refractivity contribution in [1.82, 2.24) is 9.97 Å². The fraction of sp³-hybridized carbons (Fsp3) is 0.286. The summed E-state index contributed by atoms with van der Waals surface area (Å²) in [4.78, 5) is 9.26. The summed E-state index contributed by atoms with van der Waals surface area (Å²) in [6, 6.07) is 15.2. The summed E-state index contributed by atoms with van der Waals surface area (Å²) in [6.45, 7) is 7.21. The molecule has 0 amide bonds. The average Bonchev–Trinajstić information content (AvgIpc) is 3.48. The van der Waals surface area contributed by atoms with Crippen LogP contribution in [0.1, 0.15) is 55.0 Å². The standard InChI is InChI=1S/C28H27FN2O2/c1-17(2)24-12-19(5-11-23(24)26-15-32-16-30-26)4-10-22-13-25-18(3)14-33-28(25)27(31-22)20-6-8-21(29)9-7-20/h5-9,11-13,15-18H,4,10,14H2,1-3H3. The minimum Gasteiger partial charge on any atom is -0.490 e. The average molecular weight is 443 g/mol. The largest absolute Gasteiger partial charge is 0.490 e. The van der Waals surface area contributed by atoms with Gasteiger partial charge < -0.3 is 9.15 Å². The highest BCUT2D eigenvalue weighted by atomic mass is 19.1. The van der Waals surface area contributed by atoms with Crippen LogP contribution in [0.3, 0.4) is 0 Å². The molecule has 4 aromatic rings. The zero-order valence-electron chi connectivity index (χ0n) is 19.1. The number of benzene rings is 2. The van der Waals surface area contributed by atoms with Crippen molar-refractivity contribution in [3.63, 3.8) is 0 Å². The number of rotatable bonds is 6. The van der Waals surface area contributed by atoms with E-state index in [4.69, 9.17) is 14.1 Å². The number of pyridine rings is 1. The molecule has 0 saturated carbocycles. The molecule has 2 aromatic heterocycles. The fourth-order valence-electron chi connectivity index (χ4n) is 4.45. The zero-order valence-corrected chi connectivity index (χ0v) is 19.1. The number of ether oxygens (including phenoxy) is 1. The molecule has 2 aromatic carbocycles. The molecule has 33 heavy (non-hydrogen) atoms. The number of aryl methyl sites for hydroxylation is 2. The Morgan fingerprint density at radius 3 is 2.61 bits per heavy atom. The Morgan fingerprint density at radius 2 is 1.88 bits per heavy atom. The SMILES string of the molecule is CC(C)c1cc(CCc2cc3c(c(-c4ccc(F)cc4)n2)OCC3C)ccc1-c1cocn1. The molecule has 0 bridgehead atoms. The lowest BCUT2D eigenvalue weighted by molar-refractivity contribution is 0.337. The monoisotopic (exact) mass is 442 g/mol. The number of nitrogens with zero attached hydrogens (tertiary/aromatic N) is 2. The van der Waals surface area contributed by atoms with Crippen molar-refractivity contribution in [3.8, 4) is 28.3 Å². The minimum absolute atomic E-state index is 0.254. The molecule has 1 unspecified atom stereocenters. The molecule has 168 valence electrons. The van der Waals surface area contributed by atoms with E-state index in [1.807, 2.05) is 0 Å². The third kappa shape index (κ3) is 4.28. The fourth-order valence-corrected chi connectivity index (χ4v) is 4.45. The van der Waals surface area contributed by atoms with E-state index in [0.717, 1.165) is 46.8 Å². The molecular weight excluding hydrogens is 415 g/mol. The lowest BCUT2D eigenvalue weighted by Gasteiger charge is -2.14. The number of hydrogen-bond donors (Lipinski definition) is 0. The topological polar surface area (TPSA) is 48.2 Å². The molecule has 0 radical (unpaired) electrons. The molecule has 1 aliphatic rings. The highest BCUT2D eigenvalue weighted by molar-refractivity contribution is 5.70. The van der Waals surface area contributed by atoms with Gasteiger partial charge in [-0.15, -0.1) is 0 Å². The molecule has 0 N–H and O–H groups in total. The zero-order chi connectivity index (χ0) is 22.9. The Kier molecular flexibility index (Phi) is 5.71. The molecule has 0 fully saturated rings. The Labute approximate surface area is 193 Å². The second kappa shape index (κ2) is 8.81. The van der Waals surface area contributed by atoms with Gasteiger partial charge in [-0.05, 0) is 60.2 Å². The summed E-state index contributed by atoms with van der Waals surface area (Å²) in [5.74, 6) is 1.26. The van der Waals surface area contributed by atoms with Gasteiger partial charge in [0.25, 0.3) is 0 Å². The van der Waals surface area contributed by atoms with Gasteiger partial charge in [-0.2, -0.15) is 0 Å². The Balaban J connectivity index is 1.44. The molecule has 4 nitrogen and oxygen atoms in total. The maximum absolute atomic E-state index is 13.5. The second-order valence-electron chi connectivity index (χ2n) is 9.05. The molecule has 5 heteroatoms. The van der Waals surface area contributed by atoms with Crippen LogP contribution in [0.4, 0.5) is 4.39 Å². The maximum Gasteiger partial charge on any atom is 0.181 e. The van der Waals surface area contributed by atoms with Gasteiger partial charge in [0.1, 0.15) is 29.2 Å². The maximum atomic E-state index is 13.5. The van der Waals surface area contributed by atoms with Crippen molar-refractivity contribution in [2.24, 2.45) is 0 Å². The molecule has 1 atom stereocenters. The first-order valence-electron chi connectivity index (χ1n) is 11.4. The second-order valence-corrected chi connectivity index (χ2v) is 9.05. The summed E-state index contributed by atoms with van der Waals surface area (Å²) in [7, 11) is 0. The molecule has 0 saturated heterocycles. The number of oxazole rings is 1. The van der Waals surface area contributed by atoms with Crippen LogP contribution in [0.5, 0.6) is 5.75 Å². The third-order valence-electron chi connectivity index (χ3n) is 6.30. The quantitative estimate of drug-likeness (QED) is 0.324. The lowest BCUT2D eigenvalue weighted by atomic mass is 9.92. The number of fused-ring (bicyclic) bond motifs is 1. The predicted molar refractivity (Wildman–Crippen MR) is 127 cm³/mol. The molecular formula is C28H27FN2O2. The van der Waals surface area contributed by atoms with Gasteiger partial charge in [-0.1, -0.05) is 39.0 Å². The van der Waals surface area contributed by atoms with Gasteiger partial charge in [0.2, 0.25) is 0 Å². The van der Waals surface area contributed by atoms with Crippen molar-refractivity contribution >= 4 is 0 Å². The first-order chi connectivity index (χ1) is 16.0. The van der Waals surface area contributed by atoms with Crippen LogP contribution in [-0.4, -0.2) is 16.6 Å². The van der Waals surface area contributed by atoms with Gasteiger partial charge in [0, 0.05) is 28.3 Å². The van der Waals surface area contributed by atoms with Crippen molar-refractivity contribution in [2.75, 3.05) is 6.61 Å². The van der Waals surface area contributed by atoms with Crippen molar-refractivity contribution in [1.29, 1.82) is 0 Å². The first kappa shape index (κ1) is 21.4. The Bertz CT molecular complexity index is 1260. The van der Waals surface area contributed by atoms with E-state index < -0.39 is 0 Å². The van der Waals surface area contributed by atoms with Crippen molar-refractivity contribution in [3.05, 3.63) is 89.4 Å². The van der Waals surface area contributed by atoms with E-state index >= 15 is 0 Å². The van der Waals surface area contributed by atoms with E-state index in [1.54, 1.807) is 18.4 Å². The van der Waals surface area contributed by atoms with Crippen molar-refractivity contribution < 1.29 is 13.5 Å². The van der Waals surface area contributed by atoms with Crippen molar-refractivity contribution in [2.45, 2.75) is 45.4 Å². The van der Waals surface area contributed by atoms with Crippen LogP contribution in [-0.2, 0) is 12.8 Å². The van der Waals surface area contributed by atoms with E-state index in [1.165, 1.54) is 35.2 Å². The molecule has 5 rings (SSSR count). The van der Waals surface area contributed by atoms with Crippen LogP contribution < -0.4 is 4.74 Å². The lowest BCUT2D eigenvalue weighted by Crippen LogP contribution is -2.01. The first-order valence-corrected chi connectivity index (χ1v) is 11.4. The summed E-state index contributed by atoms with van der Waals surface area (Å²) < 4.78 is 24.6. The molecule has 1 aliphatic heterocycles. The predicted octanol–water partition coefficient (Wildman–Crippen LogP) is 6.95. The Hall–Kier alpha value is -3.47. The normalized spacial score (nSPS) is 15.0. The van der Waals surface area contributed by atoms with Gasteiger partial charge >= 0.3 is 0 Å². The molecule has 0 spiro atoms. The van der Waals surface area contributed by atoms with Crippen LogP contribution in [0.15, 0.2) is 65.6 Å². The molecule has 0 aliphatic carbocycles. The van der Waals surface area contributed by atoms with E-state index in [2.05, 4.69) is 50.0 Å².